The van der Waals surface area contributed by atoms with Gasteiger partial charge in [0.2, 0.25) is 0 Å². The van der Waals surface area contributed by atoms with Crippen LogP contribution in [0.15, 0.2) is 53.1 Å². The second-order valence-electron chi connectivity index (χ2n) is 6.60. The molecule has 0 bridgehead atoms. The lowest BCUT2D eigenvalue weighted by molar-refractivity contribution is 0.323. The highest BCUT2D eigenvalue weighted by molar-refractivity contribution is 7.89. The van der Waals surface area contributed by atoms with Gasteiger partial charge in [0, 0.05) is 18.2 Å². The fourth-order valence-electron chi connectivity index (χ4n) is 3.53. The third-order valence-corrected chi connectivity index (χ3v) is 6.78. The van der Waals surface area contributed by atoms with Crippen LogP contribution < -0.4 is 0 Å². The normalized spacial score (nSPS) is 22.0. The van der Waals surface area contributed by atoms with Crippen molar-refractivity contribution in [3.05, 3.63) is 53.8 Å². The predicted octanol–water partition coefficient (Wildman–Crippen LogP) is 4.41. The van der Waals surface area contributed by atoms with E-state index in [1.807, 2.05) is 25.1 Å². The topological polar surface area (TPSA) is 37.4 Å². The number of hydrogen-bond acceptors (Lipinski definition) is 2. The summed E-state index contributed by atoms with van der Waals surface area (Å²) < 4.78 is 28.0. The molecule has 1 atom stereocenters. The Hall–Kier alpha value is -1.55. The molecule has 1 aromatic carbocycles. The van der Waals surface area contributed by atoms with Gasteiger partial charge in [-0.3, -0.25) is 4.31 Å². The fraction of sp³-hybridized carbons (Fsp3) is 0.474. The maximum absolute atomic E-state index is 13.2. The van der Waals surface area contributed by atoms with Crippen LogP contribution in [0.5, 0.6) is 0 Å². The van der Waals surface area contributed by atoms with Crippen molar-refractivity contribution in [2.45, 2.75) is 50.3 Å². The molecule has 1 aliphatic carbocycles. The fourth-order valence-corrected chi connectivity index (χ4v) is 5.18. The molecule has 0 aromatic heterocycles. The van der Waals surface area contributed by atoms with Gasteiger partial charge in [0.05, 0.1) is 4.90 Å². The van der Waals surface area contributed by atoms with Crippen LogP contribution in [-0.4, -0.2) is 19.3 Å². The molecule has 1 unspecified atom stereocenters. The smallest absolute Gasteiger partial charge is 0.264 e. The van der Waals surface area contributed by atoms with Crippen molar-refractivity contribution >= 4 is 10.0 Å². The van der Waals surface area contributed by atoms with Crippen molar-refractivity contribution in [2.75, 3.05) is 6.54 Å². The second-order valence-corrected chi connectivity index (χ2v) is 8.46. The monoisotopic (exact) mass is 331 g/mol. The molecule has 1 heterocycles. The van der Waals surface area contributed by atoms with Crippen molar-refractivity contribution in [1.29, 1.82) is 0 Å². The summed E-state index contributed by atoms with van der Waals surface area (Å²) in [7, 11) is -3.46. The Morgan fingerprint density at radius 3 is 2.48 bits per heavy atom. The molecule has 3 nitrogen and oxygen atoms in total. The molecule has 0 amide bonds. The molecule has 3 rings (SSSR count). The van der Waals surface area contributed by atoms with E-state index in [1.54, 1.807) is 16.4 Å². The zero-order valence-electron chi connectivity index (χ0n) is 13.8. The first kappa shape index (κ1) is 16.3. The van der Waals surface area contributed by atoms with E-state index in [2.05, 4.69) is 6.58 Å². The lowest BCUT2D eigenvalue weighted by Crippen LogP contribution is -2.39. The van der Waals surface area contributed by atoms with E-state index in [0.29, 0.717) is 17.4 Å². The Kier molecular flexibility index (Phi) is 4.62. The van der Waals surface area contributed by atoms with Crippen LogP contribution in [0, 0.1) is 12.8 Å². The average molecular weight is 331 g/mol. The van der Waals surface area contributed by atoms with E-state index in [9.17, 15) is 8.42 Å². The Morgan fingerprint density at radius 1 is 1.22 bits per heavy atom. The zero-order valence-corrected chi connectivity index (χ0v) is 14.6. The number of rotatable bonds is 4. The molecule has 4 heteroatoms. The summed E-state index contributed by atoms with van der Waals surface area (Å²) in [6.07, 6.45) is 8.03. The third-order valence-electron chi connectivity index (χ3n) is 4.95. The van der Waals surface area contributed by atoms with Crippen LogP contribution in [0.2, 0.25) is 0 Å². The van der Waals surface area contributed by atoms with E-state index >= 15 is 0 Å². The van der Waals surface area contributed by atoms with Gasteiger partial charge in [-0.15, -0.1) is 6.58 Å². The van der Waals surface area contributed by atoms with Gasteiger partial charge in [0.15, 0.2) is 0 Å². The van der Waals surface area contributed by atoms with Crippen LogP contribution in [0.25, 0.3) is 0 Å². The summed E-state index contributed by atoms with van der Waals surface area (Å²) >= 11 is 0. The lowest BCUT2D eigenvalue weighted by atomic mass is 9.82. The molecule has 0 N–H and O–H groups in total. The molecular weight excluding hydrogens is 306 g/mol. The van der Waals surface area contributed by atoms with E-state index in [-0.39, 0.29) is 0 Å². The molecule has 2 fully saturated rings. The first-order valence-electron chi connectivity index (χ1n) is 8.46. The minimum absolute atomic E-state index is 0.303. The summed E-state index contributed by atoms with van der Waals surface area (Å²) in [4.78, 5) is 0.403. The number of sulfonamides is 1. The molecule has 1 saturated carbocycles. The largest absolute Gasteiger partial charge is 0.270 e. The summed E-state index contributed by atoms with van der Waals surface area (Å²) in [6.45, 7) is 6.43. The Labute approximate surface area is 139 Å². The van der Waals surface area contributed by atoms with Crippen molar-refractivity contribution < 1.29 is 8.42 Å². The van der Waals surface area contributed by atoms with E-state index in [0.717, 1.165) is 43.4 Å². The van der Waals surface area contributed by atoms with Crippen LogP contribution in [0.3, 0.4) is 0 Å². The first-order valence-corrected chi connectivity index (χ1v) is 9.90. The first-order chi connectivity index (χ1) is 11.0. The Balaban J connectivity index is 2.01. The summed E-state index contributed by atoms with van der Waals surface area (Å²) in [5.74, 6) is 0.303. The number of hydrogen-bond donors (Lipinski definition) is 0. The Bertz CT molecular complexity index is 710. The van der Waals surface area contributed by atoms with Gasteiger partial charge in [-0.05, 0) is 63.2 Å². The van der Waals surface area contributed by atoms with E-state index in [4.69, 9.17) is 0 Å². The van der Waals surface area contributed by atoms with Gasteiger partial charge in [-0.1, -0.05) is 23.8 Å². The van der Waals surface area contributed by atoms with E-state index < -0.39 is 10.0 Å². The Morgan fingerprint density at radius 2 is 1.91 bits per heavy atom. The van der Waals surface area contributed by atoms with Crippen LogP contribution >= 0.6 is 0 Å². The number of nitrogens with zero attached hydrogens (tertiary/aromatic N) is 1. The third kappa shape index (κ3) is 3.09. The number of benzene rings is 1. The lowest BCUT2D eigenvalue weighted by Gasteiger charge is -2.40. The molecule has 124 valence electrons. The predicted molar refractivity (Wildman–Crippen MR) is 93.5 cm³/mol. The second kappa shape index (κ2) is 6.52. The van der Waals surface area contributed by atoms with E-state index in [1.165, 1.54) is 12.0 Å². The maximum Gasteiger partial charge on any atom is 0.264 e. The number of allylic oxidation sites excluding steroid dienone is 3. The minimum atomic E-state index is -3.46. The molecule has 1 aliphatic heterocycles. The SMILES string of the molecule is C=CCC1CCCN(S(=O)(=O)c2ccc(C)cc2)C1=C1CCC1. The molecule has 1 aromatic rings. The van der Waals surface area contributed by atoms with Crippen molar-refractivity contribution in [3.63, 3.8) is 0 Å². The molecule has 0 radical (unpaired) electrons. The summed E-state index contributed by atoms with van der Waals surface area (Å²) in [5, 5.41) is 0. The number of aryl methyl sites for hydroxylation is 1. The molecule has 2 aliphatic rings. The van der Waals surface area contributed by atoms with Gasteiger partial charge in [0.25, 0.3) is 10.0 Å². The van der Waals surface area contributed by atoms with Crippen molar-refractivity contribution in [1.82, 2.24) is 4.31 Å². The highest BCUT2D eigenvalue weighted by Gasteiger charge is 2.36. The van der Waals surface area contributed by atoms with Gasteiger partial charge in [0.1, 0.15) is 0 Å². The van der Waals surface area contributed by atoms with Crippen molar-refractivity contribution in [3.8, 4) is 0 Å². The highest BCUT2D eigenvalue weighted by atomic mass is 32.2. The molecule has 1 saturated heterocycles. The van der Waals surface area contributed by atoms with Gasteiger partial charge < -0.3 is 0 Å². The molecule has 23 heavy (non-hydrogen) atoms. The van der Waals surface area contributed by atoms with Gasteiger partial charge in [-0.2, -0.15) is 0 Å². The zero-order chi connectivity index (χ0) is 16.4. The van der Waals surface area contributed by atoms with Gasteiger partial charge in [-0.25, -0.2) is 8.42 Å². The minimum Gasteiger partial charge on any atom is -0.270 e. The standard InChI is InChI=1S/C19H25NO2S/c1-3-6-16-9-5-14-20(19(16)17-7-4-8-17)23(21,22)18-12-10-15(2)11-13-18/h3,10-13,16H,1,4-9,14H2,2H3. The number of piperidine rings is 1. The summed E-state index contributed by atoms with van der Waals surface area (Å²) in [6, 6.07) is 7.19. The molecular formula is C19H25NO2S. The summed E-state index contributed by atoms with van der Waals surface area (Å²) in [5.41, 5.74) is 3.49. The van der Waals surface area contributed by atoms with Gasteiger partial charge >= 0.3 is 0 Å². The average Bonchev–Trinajstić information content (AvgIpc) is 2.47. The highest BCUT2D eigenvalue weighted by Crippen LogP contribution is 2.41. The van der Waals surface area contributed by atoms with Crippen LogP contribution in [0.1, 0.15) is 44.1 Å². The van der Waals surface area contributed by atoms with Crippen molar-refractivity contribution in [2.24, 2.45) is 5.92 Å². The van der Waals surface area contributed by atoms with Crippen LogP contribution in [0.4, 0.5) is 0 Å². The quantitative estimate of drug-likeness (QED) is 0.766. The molecule has 0 spiro atoms. The van der Waals surface area contributed by atoms with Crippen LogP contribution in [-0.2, 0) is 10.0 Å². The maximum atomic E-state index is 13.2.